The molecule has 2 atom stereocenters. The van der Waals surface area contributed by atoms with Crippen LogP contribution in [0.25, 0.3) is 0 Å². The number of carbonyl (C=O) groups is 3. The first-order valence-corrected chi connectivity index (χ1v) is 6.81. The number of nitrogens with one attached hydrogen (secondary N) is 2. The molecular formula is C13H22N2O4. The predicted octanol–water partition coefficient (Wildman–Crippen LogP) is 0.662. The summed E-state index contributed by atoms with van der Waals surface area (Å²) in [5.41, 5.74) is 0. The van der Waals surface area contributed by atoms with E-state index in [1.54, 1.807) is 0 Å². The van der Waals surface area contributed by atoms with Crippen molar-refractivity contribution in [2.24, 2.45) is 5.92 Å². The molecule has 0 aliphatic carbocycles. The molecule has 1 saturated heterocycles. The summed E-state index contributed by atoms with van der Waals surface area (Å²) >= 11 is 0. The maximum Gasteiger partial charge on any atom is 0.303 e. The van der Waals surface area contributed by atoms with Gasteiger partial charge in [0.05, 0.1) is 0 Å². The van der Waals surface area contributed by atoms with Gasteiger partial charge in [-0.1, -0.05) is 13.3 Å². The molecule has 1 rings (SSSR count). The monoisotopic (exact) mass is 270 g/mol. The molecule has 2 amide bonds. The van der Waals surface area contributed by atoms with Crippen molar-refractivity contribution in [3.8, 4) is 0 Å². The summed E-state index contributed by atoms with van der Waals surface area (Å²) in [6.45, 7) is 2.55. The Morgan fingerprint density at radius 2 is 2.21 bits per heavy atom. The highest BCUT2D eigenvalue weighted by atomic mass is 16.4. The van der Waals surface area contributed by atoms with E-state index >= 15 is 0 Å². The van der Waals surface area contributed by atoms with Gasteiger partial charge in [-0.15, -0.1) is 0 Å². The van der Waals surface area contributed by atoms with Crippen molar-refractivity contribution in [3.63, 3.8) is 0 Å². The predicted molar refractivity (Wildman–Crippen MR) is 69.4 cm³/mol. The molecule has 108 valence electrons. The third kappa shape index (κ3) is 5.72. The Balaban J connectivity index is 2.18. The molecule has 6 nitrogen and oxygen atoms in total. The molecule has 6 heteroatoms. The molecule has 0 bridgehead atoms. The fourth-order valence-corrected chi connectivity index (χ4v) is 2.21. The Hall–Kier alpha value is -1.59. The highest BCUT2D eigenvalue weighted by molar-refractivity contribution is 5.90. The Labute approximate surface area is 112 Å². The first-order chi connectivity index (χ1) is 9.02. The lowest BCUT2D eigenvalue weighted by Gasteiger charge is -2.15. The van der Waals surface area contributed by atoms with Crippen LogP contribution in [0.5, 0.6) is 0 Å². The second-order valence-corrected chi connectivity index (χ2v) is 4.95. The van der Waals surface area contributed by atoms with Crippen LogP contribution in [0.2, 0.25) is 0 Å². The van der Waals surface area contributed by atoms with Gasteiger partial charge in [0, 0.05) is 19.4 Å². The maximum absolute atomic E-state index is 11.7. The lowest BCUT2D eigenvalue weighted by Crippen LogP contribution is -2.42. The Kier molecular flexibility index (Phi) is 6.32. The number of rotatable bonds is 8. The minimum atomic E-state index is -0.781. The van der Waals surface area contributed by atoms with Crippen molar-refractivity contribution < 1.29 is 19.5 Å². The fourth-order valence-electron chi connectivity index (χ4n) is 2.21. The van der Waals surface area contributed by atoms with Gasteiger partial charge in [-0.3, -0.25) is 14.4 Å². The quantitative estimate of drug-likeness (QED) is 0.604. The Bertz CT molecular complexity index is 344. The molecule has 0 spiro atoms. The number of amides is 2. The maximum atomic E-state index is 11.7. The van der Waals surface area contributed by atoms with Gasteiger partial charge >= 0.3 is 5.97 Å². The number of carbonyl (C=O) groups excluding carboxylic acids is 2. The van der Waals surface area contributed by atoms with Gasteiger partial charge < -0.3 is 15.7 Å². The molecule has 0 saturated carbocycles. The van der Waals surface area contributed by atoms with Crippen LogP contribution in [0, 0.1) is 5.92 Å². The number of aliphatic carboxylic acids is 1. The average Bonchev–Trinajstić information content (AvgIpc) is 2.79. The van der Waals surface area contributed by atoms with Crippen molar-refractivity contribution in [1.82, 2.24) is 10.6 Å². The number of hydrogen-bond acceptors (Lipinski definition) is 3. The van der Waals surface area contributed by atoms with E-state index in [1.165, 1.54) is 0 Å². The van der Waals surface area contributed by atoms with Gasteiger partial charge in [-0.25, -0.2) is 0 Å². The van der Waals surface area contributed by atoms with E-state index in [4.69, 9.17) is 5.11 Å². The number of carboxylic acids is 1. The lowest BCUT2D eigenvalue weighted by molar-refractivity contribution is -0.137. The third-order valence-electron chi connectivity index (χ3n) is 3.51. The van der Waals surface area contributed by atoms with Gasteiger partial charge in [0.25, 0.3) is 0 Å². The van der Waals surface area contributed by atoms with Crippen LogP contribution in [0.3, 0.4) is 0 Å². The molecule has 1 aliphatic rings. The van der Waals surface area contributed by atoms with E-state index in [0.717, 1.165) is 12.8 Å². The van der Waals surface area contributed by atoms with Crippen molar-refractivity contribution in [1.29, 1.82) is 0 Å². The van der Waals surface area contributed by atoms with Gasteiger partial charge in [0.1, 0.15) is 6.04 Å². The van der Waals surface area contributed by atoms with Crippen LogP contribution in [-0.2, 0) is 14.4 Å². The molecule has 1 aliphatic heterocycles. The zero-order valence-electron chi connectivity index (χ0n) is 11.3. The van der Waals surface area contributed by atoms with Crippen molar-refractivity contribution in [2.45, 2.75) is 51.5 Å². The minimum absolute atomic E-state index is 0.0759. The molecule has 0 radical (unpaired) electrons. The summed E-state index contributed by atoms with van der Waals surface area (Å²) in [5, 5.41) is 14.0. The van der Waals surface area contributed by atoms with Gasteiger partial charge in [-0.2, -0.15) is 0 Å². The second kappa shape index (κ2) is 7.76. The third-order valence-corrected chi connectivity index (χ3v) is 3.51. The van der Waals surface area contributed by atoms with Gasteiger partial charge in [0.15, 0.2) is 0 Å². The summed E-state index contributed by atoms with van der Waals surface area (Å²) in [4.78, 5) is 33.2. The Morgan fingerprint density at radius 3 is 2.74 bits per heavy atom. The zero-order valence-corrected chi connectivity index (χ0v) is 11.3. The van der Waals surface area contributed by atoms with E-state index in [0.29, 0.717) is 31.7 Å². The van der Waals surface area contributed by atoms with Crippen LogP contribution in [0.4, 0.5) is 0 Å². The van der Waals surface area contributed by atoms with E-state index in [2.05, 4.69) is 10.6 Å². The normalized spacial score (nSPS) is 19.8. The van der Waals surface area contributed by atoms with Crippen molar-refractivity contribution >= 4 is 17.8 Å². The molecule has 1 unspecified atom stereocenters. The SMILES string of the molecule is CCC(CCNC(=O)[C@@H]1CCC(=O)N1)CCC(=O)O. The first-order valence-electron chi connectivity index (χ1n) is 6.81. The van der Waals surface area contributed by atoms with Gasteiger partial charge in [-0.05, 0) is 25.2 Å². The first kappa shape index (κ1) is 15.5. The van der Waals surface area contributed by atoms with Crippen LogP contribution < -0.4 is 10.6 Å². The largest absolute Gasteiger partial charge is 0.481 e. The molecule has 0 aromatic heterocycles. The standard InChI is InChI=1S/C13H22N2O4/c1-2-9(3-6-12(17)18)7-8-14-13(19)10-4-5-11(16)15-10/h9-10H,2-8H2,1H3,(H,14,19)(H,15,16)(H,17,18)/t9?,10-/m0/s1. The van der Waals surface area contributed by atoms with E-state index in [9.17, 15) is 14.4 Å². The number of carboxylic acid groups (broad SMARTS) is 1. The van der Waals surface area contributed by atoms with Gasteiger partial charge in [0.2, 0.25) is 11.8 Å². The highest BCUT2D eigenvalue weighted by Crippen LogP contribution is 2.14. The van der Waals surface area contributed by atoms with Crippen LogP contribution in [0.1, 0.15) is 45.4 Å². The second-order valence-electron chi connectivity index (χ2n) is 4.95. The summed E-state index contributed by atoms with van der Waals surface area (Å²) in [6.07, 6.45) is 3.46. The summed E-state index contributed by atoms with van der Waals surface area (Å²) in [7, 11) is 0. The van der Waals surface area contributed by atoms with E-state index in [-0.39, 0.29) is 18.2 Å². The van der Waals surface area contributed by atoms with Crippen molar-refractivity contribution in [3.05, 3.63) is 0 Å². The fraction of sp³-hybridized carbons (Fsp3) is 0.769. The minimum Gasteiger partial charge on any atom is -0.481 e. The molecule has 19 heavy (non-hydrogen) atoms. The summed E-state index contributed by atoms with van der Waals surface area (Å²) in [5.74, 6) is -0.683. The number of hydrogen-bond donors (Lipinski definition) is 3. The Morgan fingerprint density at radius 1 is 1.47 bits per heavy atom. The molecule has 0 aromatic rings. The molecule has 1 heterocycles. The van der Waals surface area contributed by atoms with Crippen LogP contribution >= 0.6 is 0 Å². The zero-order chi connectivity index (χ0) is 14.3. The summed E-state index contributed by atoms with van der Waals surface area (Å²) < 4.78 is 0. The molecule has 3 N–H and O–H groups in total. The smallest absolute Gasteiger partial charge is 0.303 e. The van der Waals surface area contributed by atoms with Crippen LogP contribution in [0.15, 0.2) is 0 Å². The molecule has 1 fully saturated rings. The average molecular weight is 270 g/mol. The molecular weight excluding hydrogens is 248 g/mol. The summed E-state index contributed by atoms with van der Waals surface area (Å²) in [6, 6.07) is -0.397. The van der Waals surface area contributed by atoms with E-state index < -0.39 is 12.0 Å². The topological polar surface area (TPSA) is 95.5 Å². The van der Waals surface area contributed by atoms with E-state index in [1.807, 2.05) is 6.92 Å². The molecule has 0 aromatic carbocycles. The van der Waals surface area contributed by atoms with Crippen LogP contribution in [-0.4, -0.2) is 35.5 Å². The lowest BCUT2D eigenvalue weighted by atomic mass is 9.96. The highest BCUT2D eigenvalue weighted by Gasteiger charge is 2.26. The van der Waals surface area contributed by atoms with Crippen molar-refractivity contribution in [2.75, 3.05) is 6.54 Å².